The molecule has 1 heterocycles. The van der Waals surface area contributed by atoms with Crippen LogP contribution in [0.25, 0.3) is 11.0 Å². The fourth-order valence-electron chi connectivity index (χ4n) is 2.95. The number of fused-ring (bicyclic) bond motifs is 1. The Kier molecular flexibility index (Phi) is 5.16. The van der Waals surface area contributed by atoms with Crippen molar-refractivity contribution in [2.24, 2.45) is 0 Å². The van der Waals surface area contributed by atoms with Crippen LogP contribution in [-0.4, -0.2) is 18.2 Å². The Morgan fingerprint density at radius 3 is 2.63 bits per heavy atom. The molecule has 0 aliphatic heterocycles. The number of carbonyl (C=O) groups is 1. The van der Waals surface area contributed by atoms with Gasteiger partial charge in [-0.05, 0) is 32.0 Å². The molecule has 27 heavy (non-hydrogen) atoms. The minimum Gasteiger partial charge on any atom is -0.508 e. The Bertz CT molecular complexity index is 1060. The molecule has 0 saturated heterocycles. The van der Waals surface area contributed by atoms with E-state index in [0.29, 0.717) is 22.3 Å². The lowest BCUT2D eigenvalue weighted by molar-refractivity contribution is -0.144. The van der Waals surface area contributed by atoms with Crippen molar-refractivity contribution < 1.29 is 23.8 Å². The summed E-state index contributed by atoms with van der Waals surface area (Å²) in [4.78, 5) is 24.1. The minimum absolute atomic E-state index is 0.0336. The van der Waals surface area contributed by atoms with Gasteiger partial charge in [0.05, 0.1) is 13.5 Å². The van der Waals surface area contributed by atoms with E-state index in [1.807, 2.05) is 25.1 Å². The number of aromatic hydroxyl groups is 1. The first-order valence-electron chi connectivity index (χ1n) is 8.43. The SMILES string of the molecule is COc1ccc(C)cc1CC(=O)OCc1cc(=O)oc2c(C)c(O)ccc12. The summed E-state index contributed by atoms with van der Waals surface area (Å²) in [7, 11) is 1.55. The van der Waals surface area contributed by atoms with E-state index >= 15 is 0 Å². The smallest absolute Gasteiger partial charge is 0.336 e. The third-order valence-electron chi connectivity index (χ3n) is 4.38. The van der Waals surface area contributed by atoms with Gasteiger partial charge in [-0.1, -0.05) is 17.7 Å². The molecule has 0 bridgehead atoms. The van der Waals surface area contributed by atoms with Crippen LogP contribution in [0.2, 0.25) is 0 Å². The van der Waals surface area contributed by atoms with Gasteiger partial charge >= 0.3 is 11.6 Å². The van der Waals surface area contributed by atoms with Gasteiger partial charge in [-0.2, -0.15) is 0 Å². The van der Waals surface area contributed by atoms with Crippen molar-refractivity contribution in [2.75, 3.05) is 7.11 Å². The first-order valence-corrected chi connectivity index (χ1v) is 8.43. The zero-order chi connectivity index (χ0) is 19.6. The molecule has 140 valence electrons. The maximum atomic E-state index is 12.3. The summed E-state index contributed by atoms with van der Waals surface area (Å²) in [5.74, 6) is 0.219. The number of phenolic OH excluding ortho intramolecular Hbond substituents is 1. The summed E-state index contributed by atoms with van der Waals surface area (Å²) in [6.45, 7) is 3.51. The van der Waals surface area contributed by atoms with Crippen LogP contribution < -0.4 is 10.4 Å². The molecule has 0 fully saturated rings. The summed E-state index contributed by atoms with van der Waals surface area (Å²) >= 11 is 0. The highest BCUT2D eigenvalue weighted by Crippen LogP contribution is 2.28. The number of esters is 1. The van der Waals surface area contributed by atoms with Gasteiger partial charge in [-0.3, -0.25) is 4.79 Å². The zero-order valence-electron chi connectivity index (χ0n) is 15.4. The largest absolute Gasteiger partial charge is 0.508 e. The van der Waals surface area contributed by atoms with Crippen LogP contribution in [-0.2, 0) is 22.6 Å². The highest BCUT2D eigenvalue weighted by Gasteiger charge is 2.14. The first kappa shape index (κ1) is 18.5. The Balaban J connectivity index is 1.81. The lowest BCUT2D eigenvalue weighted by Crippen LogP contribution is -2.11. The third-order valence-corrected chi connectivity index (χ3v) is 4.38. The fourth-order valence-corrected chi connectivity index (χ4v) is 2.95. The van der Waals surface area contributed by atoms with E-state index in [2.05, 4.69) is 0 Å². The molecule has 0 atom stereocenters. The minimum atomic E-state index is -0.567. The molecule has 2 aromatic carbocycles. The third kappa shape index (κ3) is 3.95. The molecule has 0 amide bonds. The van der Waals surface area contributed by atoms with E-state index < -0.39 is 11.6 Å². The summed E-state index contributed by atoms with van der Waals surface area (Å²) in [5.41, 5.74) is 2.45. The number of aryl methyl sites for hydroxylation is 2. The molecule has 0 saturated carbocycles. The van der Waals surface area contributed by atoms with Gasteiger partial charge in [0.1, 0.15) is 23.7 Å². The second-order valence-electron chi connectivity index (χ2n) is 6.33. The predicted octanol–water partition coefficient (Wildman–Crippen LogP) is 3.41. The maximum absolute atomic E-state index is 12.3. The molecule has 6 heteroatoms. The summed E-state index contributed by atoms with van der Waals surface area (Å²) in [6, 6.07) is 10.0. The van der Waals surface area contributed by atoms with Crippen molar-refractivity contribution >= 4 is 16.9 Å². The number of phenols is 1. The number of methoxy groups -OCH3 is 1. The summed E-state index contributed by atoms with van der Waals surface area (Å²) < 4.78 is 15.8. The second-order valence-corrected chi connectivity index (χ2v) is 6.33. The molecule has 1 aromatic heterocycles. The van der Waals surface area contributed by atoms with Gasteiger partial charge in [-0.15, -0.1) is 0 Å². The summed E-state index contributed by atoms with van der Waals surface area (Å²) in [5, 5.41) is 10.4. The van der Waals surface area contributed by atoms with Crippen molar-refractivity contribution in [3.63, 3.8) is 0 Å². The number of ether oxygens (including phenoxy) is 2. The first-order chi connectivity index (χ1) is 12.9. The van der Waals surface area contributed by atoms with Crippen LogP contribution in [0.4, 0.5) is 0 Å². The Morgan fingerprint density at radius 2 is 1.89 bits per heavy atom. The Labute approximate surface area is 156 Å². The maximum Gasteiger partial charge on any atom is 0.336 e. The van der Waals surface area contributed by atoms with E-state index in [0.717, 1.165) is 11.1 Å². The lowest BCUT2D eigenvalue weighted by Gasteiger charge is -2.11. The highest BCUT2D eigenvalue weighted by molar-refractivity contribution is 5.85. The van der Waals surface area contributed by atoms with E-state index in [1.54, 1.807) is 20.1 Å². The van der Waals surface area contributed by atoms with Crippen LogP contribution in [0.15, 0.2) is 45.6 Å². The number of benzene rings is 2. The van der Waals surface area contributed by atoms with Gasteiger partial charge in [0.25, 0.3) is 0 Å². The molecule has 3 aromatic rings. The molecule has 0 aliphatic carbocycles. The van der Waals surface area contributed by atoms with Gasteiger partial charge in [0.15, 0.2) is 0 Å². The van der Waals surface area contributed by atoms with E-state index in [9.17, 15) is 14.7 Å². The summed E-state index contributed by atoms with van der Waals surface area (Å²) in [6.07, 6.45) is 0.0596. The van der Waals surface area contributed by atoms with Crippen molar-refractivity contribution in [3.8, 4) is 11.5 Å². The number of carbonyl (C=O) groups excluding carboxylic acids is 1. The van der Waals surface area contributed by atoms with Crippen molar-refractivity contribution in [1.29, 1.82) is 0 Å². The average Bonchev–Trinajstić information content (AvgIpc) is 2.63. The molecule has 0 aliphatic rings. The molecule has 1 N–H and O–H groups in total. The van der Waals surface area contributed by atoms with Crippen LogP contribution in [0.3, 0.4) is 0 Å². The number of hydrogen-bond acceptors (Lipinski definition) is 6. The average molecular weight is 368 g/mol. The predicted molar refractivity (Wildman–Crippen MR) is 100 cm³/mol. The van der Waals surface area contributed by atoms with Crippen LogP contribution in [0, 0.1) is 13.8 Å². The van der Waals surface area contributed by atoms with Crippen LogP contribution in [0.1, 0.15) is 22.3 Å². The Morgan fingerprint density at radius 1 is 1.11 bits per heavy atom. The van der Waals surface area contributed by atoms with Crippen molar-refractivity contribution in [3.05, 3.63) is 69.1 Å². The topological polar surface area (TPSA) is 86.0 Å². The normalized spacial score (nSPS) is 10.8. The number of hydrogen-bond donors (Lipinski definition) is 1. The van der Waals surface area contributed by atoms with Gasteiger partial charge < -0.3 is 19.0 Å². The monoisotopic (exact) mass is 368 g/mol. The van der Waals surface area contributed by atoms with Crippen molar-refractivity contribution in [2.45, 2.75) is 26.9 Å². The molecule has 6 nitrogen and oxygen atoms in total. The van der Waals surface area contributed by atoms with Gasteiger partial charge in [0.2, 0.25) is 0 Å². The highest BCUT2D eigenvalue weighted by atomic mass is 16.5. The quantitative estimate of drug-likeness (QED) is 0.549. The molecule has 0 radical (unpaired) electrons. The van der Waals surface area contributed by atoms with E-state index in [-0.39, 0.29) is 24.4 Å². The fraction of sp³-hybridized carbons (Fsp3) is 0.238. The number of rotatable bonds is 5. The lowest BCUT2D eigenvalue weighted by atomic mass is 10.1. The van der Waals surface area contributed by atoms with Crippen LogP contribution >= 0.6 is 0 Å². The molecule has 0 spiro atoms. The van der Waals surface area contributed by atoms with Gasteiger partial charge in [0, 0.05) is 28.1 Å². The van der Waals surface area contributed by atoms with E-state index in [1.165, 1.54) is 12.1 Å². The molecular formula is C21H20O6. The van der Waals surface area contributed by atoms with E-state index in [4.69, 9.17) is 13.9 Å². The zero-order valence-corrected chi connectivity index (χ0v) is 15.4. The molecule has 0 unspecified atom stereocenters. The standard InChI is InChI=1S/C21H20O6/c1-12-4-7-18(25-3)14(8-12)9-19(23)26-11-15-10-20(24)27-21-13(2)17(22)6-5-16(15)21/h4-8,10,22H,9,11H2,1-3H3. The second kappa shape index (κ2) is 7.53. The Hall–Kier alpha value is -3.28. The van der Waals surface area contributed by atoms with Crippen LogP contribution in [0.5, 0.6) is 11.5 Å². The molecular weight excluding hydrogens is 348 g/mol. The molecule has 3 rings (SSSR count). The van der Waals surface area contributed by atoms with Gasteiger partial charge in [-0.25, -0.2) is 4.79 Å². The van der Waals surface area contributed by atoms with Crippen molar-refractivity contribution in [1.82, 2.24) is 0 Å².